The van der Waals surface area contributed by atoms with Crippen molar-refractivity contribution < 1.29 is 0 Å². The Hall–Kier alpha value is -2.23. The molecule has 2 aromatic carbocycles. The van der Waals surface area contributed by atoms with Gasteiger partial charge in [-0.3, -0.25) is 0 Å². The highest BCUT2D eigenvalue weighted by molar-refractivity contribution is 7.13. The van der Waals surface area contributed by atoms with Crippen molar-refractivity contribution in [2.75, 3.05) is 13.6 Å². The lowest BCUT2D eigenvalue weighted by Gasteiger charge is -2.28. The van der Waals surface area contributed by atoms with E-state index in [1.165, 1.54) is 43.4 Å². The summed E-state index contributed by atoms with van der Waals surface area (Å²) in [5, 5.41) is 6.18. The molecule has 0 saturated heterocycles. The minimum absolute atomic E-state index is 0.980. The van der Waals surface area contributed by atoms with Crippen LogP contribution in [0, 0.1) is 6.92 Å². The maximum Gasteiger partial charge on any atom is 0.0859 e. The van der Waals surface area contributed by atoms with Crippen LogP contribution < -0.4 is 0 Å². The van der Waals surface area contributed by atoms with Gasteiger partial charge < -0.3 is 4.90 Å². The average Bonchev–Trinajstić information content (AvgIpc) is 3.06. The van der Waals surface area contributed by atoms with Gasteiger partial charge in [0.1, 0.15) is 0 Å². The number of fused-ring (bicyclic) bond motifs is 5. The zero-order chi connectivity index (χ0) is 17.0. The highest BCUT2D eigenvalue weighted by atomic mass is 32.1. The van der Waals surface area contributed by atoms with Gasteiger partial charge in [-0.1, -0.05) is 30.3 Å². The number of likely N-dealkylation sites (N-methyl/N-ethyl adjacent to an activating group) is 1. The Morgan fingerprint density at radius 3 is 2.76 bits per heavy atom. The fourth-order valence-electron chi connectivity index (χ4n) is 4.05. The monoisotopic (exact) mass is 344 g/mol. The molecule has 124 valence electrons. The Balaban J connectivity index is 1.93. The number of aryl methyl sites for hydroxylation is 1. The molecule has 0 N–H and O–H groups in total. The van der Waals surface area contributed by atoms with Gasteiger partial charge in [0, 0.05) is 18.5 Å². The van der Waals surface area contributed by atoms with Crippen LogP contribution in [0.15, 0.2) is 47.8 Å². The Kier molecular flexibility index (Phi) is 3.40. The van der Waals surface area contributed by atoms with Crippen LogP contribution >= 0.6 is 11.3 Å². The number of hydrogen-bond acceptors (Lipinski definition) is 3. The Morgan fingerprint density at radius 1 is 1.04 bits per heavy atom. The van der Waals surface area contributed by atoms with Gasteiger partial charge >= 0.3 is 0 Å². The standard InChI is InChI=1S/C22H20N2S/c1-14-10-12-25-22(14)21-18-13-24(2)11-9-17(18)20-16-6-4-3-5-15(16)7-8-19(20)23-21/h3-8,10,12H,9,11,13H2,1-2H3. The predicted octanol–water partition coefficient (Wildman–Crippen LogP) is 5.41. The molecular formula is C22H20N2S. The van der Waals surface area contributed by atoms with Crippen molar-refractivity contribution in [1.29, 1.82) is 0 Å². The zero-order valence-electron chi connectivity index (χ0n) is 14.5. The summed E-state index contributed by atoms with van der Waals surface area (Å²) in [6.07, 6.45) is 1.09. The molecule has 0 radical (unpaired) electrons. The van der Waals surface area contributed by atoms with Crippen LogP contribution in [0.3, 0.4) is 0 Å². The van der Waals surface area contributed by atoms with Gasteiger partial charge in [0.05, 0.1) is 16.1 Å². The summed E-state index contributed by atoms with van der Waals surface area (Å²) in [6, 6.07) is 15.3. The molecule has 2 nitrogen and oxygen atoms in total. The SMILES string of the molecule is Cc1ccsc1-c1nc2ccc3ccccc3c2c2c1CN(C)CC2. The smallest absolute Gasteiger partial charge is 0.0859 e. The predicted molar refractivity (Wildman–Crippen MR) is 107 cm³/mol. The minimum atomic E-state index is 0.980. The summed E-state index contributed by atoms with van der Waals surface area (Å²) in [5.74, 6) is 0. The number of rotatable bonds is 1. The number of aromatic nitrogens is 1. The molecule has 2 aromatic heterocycles. The van der Waals surface area contributed by atoms with Crippen molar-refractivity contribution in [2.45, 2.75) is 19.9 Å². The molecule has 0 spiro atoms. The number of hydrogen-bond donors (Lipinski definition) is 0. The quantitative estimate of drug-likeness (QED) is 0.429. The van der Waals surface area contributed by atoms with Crippen molar-refractivity contribution in [1.82, 2.24) is 9.88 Å². The third-order valence-corrected chi connectivity index (χ3v) is 6.36. The van der Waals surface area contributed by atoms with E-state index in [0.29, 0.717) is 0 Å². The summed E-state index contributed by atoms with van der Waals surface area (Å²) < 4.78 is 0. The van der Waals surface area contributed by atoms with E-state index in [1.807, 2.05) is 11.3 Å². The highest BCUT2D eigenvalue weighted by Crippen LogP contribution is 2.39. The van der Waals surface area contributed by atoms with Gasteiger partial charge in [-0.2, -0.15) is 0 Å². The van der Waals surface area contributed by atoms with Gasteiger partial charge in [-0.25, -0.2) is 4.98 Å². The lowest BCUT2D eigenvalue weighted by atomic mass is 9.90. The second-order valence-electron chi connectivity index (χ2n) is 7.02. The lowest BCUT2D eigenvalue weighted by molar-refractivity contribution is 0.314. The first-order valence-corrected chi connectivity index (χ1v) is 9.66. The molecule has 0 fully saturated rings. The van der Waals surface area contributed by atoms with Crippen LogP contribution in [0.25, 0.3) is 32.2 Å². The van der Waals surface area contributed by atoms with Gasteiger partial charge in [0.2, 0.25) is 0 Å². The van der Waals surface area contributed by atoms with Gasteiger partial charge in [0.25, 0.3) is 0 Å². The van der Waals surface area contributed by atoms with Crippen LogP contribution in [0.2, 0.25) is 0 Å². The largest absolute Gasteiger partial charge is 0.302 e. The molecule has 5 rings (SSSR count). The first kappa shape index (κ1) is 15.1. The Labute approximate surface area is 151 Å². The third-order valence-electron chi connectivity index (χ3n) is 5.34. The number of benzene rings is 2. The van der Waals surface area contributed by atoms with Crippen molar-refractivity contribution in [3.8, 4) is 10.6 Å². The topological polar surface area (TPSA) is 16.1 Å². The van der Waals surface area contributed by atoms with Crippen molar-refractivity contribution >= 4 is 33.0 Å². The van der Waals surface area contributed by atoms with Crippen molar-refractivity contribution in [2.24, 2.45) is 0 Å². The van der Waals surface area contributed by atoms with Crippen molar-refractivity contribution in [3.05, 3.63) is 64.5 Å². The van der Waals surface area contributed by atoms with Crippen LogP contribution in [0.4, 0.5) is 0 Å². The molecule has 0 unspecified atom stereocenters. The summed E-state index contributed by atoms with van der Waals surface area (Å²) in [6.45, 7) is 4.28. The maximum atomic E-state index is 5.16. The van der Waals surface area contributed by atoms with Gasteiger partial charge in [-0.15, -0.1) is 11.3 Å². The van der Waals surface area contributed by atoms with E-state index >= 15 is 0 Å². The molecule has 0 bridgehead atoms. The van der Waals surface area contributed by atoms with Crippen LogP contribution in [0.1, 0.15) is 16.7 Å². The fourth-order valence-corrected chi connectivity index (χ4v) is 5.00. The van der Waals surface area contributed by atoms with E-state index in [1.54, 1.807) is 0 Å². The second kappa shape index (κ2) is 5.65. The van der Waals surface area contributed by atoms with E-state index in [9.17, 15) is 0 Å². The molecular weight excluding hydrogens is 324 g/mol. The Morgan fingerprint density at radius 2 is 1.92 bits per heavy atom. The van der Waals surface area contributed by atoms with E-state index in [4.69, 9.17) is 4.98 Å². The van der Waals surface area contributed by atoms with Crippen LogP contribution in [0.5, 0.6) is 0 Å². The number of nitrogens with zero attached hydrogens (tertiary/aromatic N) is 2. The number of thiophene rings is 1. The third kappa shape index (κ3) is 2.30. The van der Waals surface area contributed by atoms with E-state index in [0.717, 1.165) is 25.0 Å². The second-order valence-corrected chi connectivity index (χ2v) is 7.93. The molecule has 0 amide bonds. The van der Waals surface area contributed by atoms with Gasteiger partial charge in [-0.05, 0) is 65.4 Å². The van der Waals surface area contributed by atoms with Gasteiger partial charge in [0.15, 0.2) is 0 Å². The zero-order valence-corrected chi connectivity index (χ0v) is 15.4. The molecule has 1 aliphatic rings. The normalized spacial score (nSPS) is 15.0. The summed E-state index contributed by atoms with van der Waals surface area (Å²) in [4.78, 5) is 8.89. The molecule has 1 aliphatic heterocycles. The first-order chi connectivity index (χ1) is 12.2. The first-order valence-electron chi connectivity index (χ1n) is 8.78. The molecule has 0 atom stereocenters. The molecule has 25 heavy (non-hydrogen) atoms. The number of pyridine rings is 1. The fraction of sp³-hybridized carbons (Fsp3) is 0.227. The van der Waals surface area contributed by atoms with E-state index < -0.39 is 0 Å². The maximum absolute atomic E-state index is 5.16. The molecule has 3 heterocycles. The van der Waals surface area contributed by atoms with E-state index in [2.05, 4.69) is 66.7 Å². The summed E-state index contributed by atoms with van der Waals surface area (Å²) in [5.41, 5.74) is 6.57. The average molecular weight is 344 g/mol. The van der Waals surface area contributed by atoms with Crippen LogP contribution in [-0.4, -0.2) is 23.5 Å². The van der Waals surface area contributed by atoms with Crippen molar-refractivity contribution in [3.63, 3.8) is 0 Å². The molecule has 3 heteroatoms. The molecule has 0 saturated carbocycles. The summed E-state index contributed by atoms with van der Waals surface area (Å²) in [7, 11) is 2.21. The highest BCUT2D eigenvalue weighted by Gasteiger charge is 2.23. The summed E-state index contributed by atoms with van der Waals surface area (Å²) >= 11 is 1.81. The Bertz CT molecular complexity index is 1110. The van der Waals surface area contributed by atoms with E-state index in [-0.39, 0.29) is 0 Å². The lowest BCUT2D eigenvalue weighted by Crippen LogP contribution is -2.27. The minimum Gasteiger partial charge on any atom is -0.302 e. The van der Waals surface area contributed by atoms with Crippen LogP contribution in [-0.2, 0) is 13.0 Å². The molecule has 0 aliphatic carbocycles. The molecule has 4 aromatic rings.